The van der Waals surface area contributed by atoms with Crippen molar-refractivity contribution in [1.29, 1.82) is 0 Å². The maximum atomic E-state index is 14.4. The maximum absolute atomic E-state index is 14.4. The van der Waals surface area contributed by atoms with Gasteiger partial charge >= 0.3 is 35.3 Å². The van der Waals surface area contributed by atoms with Crippen molar-refractivity contribution >= 4 is 11.6 Å². The zero-order valence-corrected chi connectivity index (χ0v) is 20.2. The van der Waals surface area contributed by atoms with Gasteiger partial charge in [0.25, 0.3) is 0 Å². The molecule has 0 atom stereocenters. The van der Waals surface area contributed by atoms with Crippen molar-refractivity contribution < 1.29 is 43.2 Å². The summed E-state index contributed by atoms with van der Waals surface area (Å²) in [5, 5.41) is 0.688. The molecule has 6 nitrogen and oxygen atoms in total. The Balaban J connectivity index is 0.00000289. The number of ether oxygens (including phenoxy) is 1. The van der Waals surface area contributed by atoms with Crippen LogP contribution in [0.4, 0.5) is 4.39 Å². The van der Waals surface area contributed by atoms with Crippen molar-refractivity contribution in [3.05, 3.63) is 109 Å². The smallest absolute Gasteiger partial charge is 0.489 e. The van der Waals surface area contributed by atoms with E-state index in [9.17, 15) is 14.0 Å². The second-order valence-electron chi connectivity index (χ2n) is 6.99. The van der Waals surface area contributed by atoms with Crippen molar-refractivity contribution in [2.24, 2.45) is 0 Å². The molecule has 3 aromatic carbocycles. The van der Waals surface area contributed by atoms with Gasteiger partial charge in [-0.15, -0.1) is 0 Å². The normalized spacial score (nSPS) is 10.6. The first kappa shape index (κ1) is 24.1. The molecule has 0 radical (unpaired) electrons. The number of aromatic nitrogens is 2. The van der Waals surface area contributed by atoms with Gasteiger partial charge in [-0.1, -0.05) is 41.9 Å². The zero-order valence-electron chi connectivity index (χ0n) is 17.5. The fourth-order valence-electron chi connectivity index (χ4n) is 3.23. The van der Waals surface area contributed by atoms with Crippen LogP contribution in [-0.2, 0) is 13.2 Å². The standard InChI is InChI=1S/C23H18ClFN2O4.Na/c1-14-9-18(24)6-8-20(14)16-4-2-3-15(10-16)13-30-19-7-5-17(21(25)11-19)12-27-22(28)26-23(29)31-27;/h2-11H,12-13H2,1H3,(H,26,28,29);/q;+1/p-1. The van der Waals surface area contributed by atoms with E-state index in [2.05, 4.69) is 9.51 Å². The van der Waals surface area contributed by atoms with Gasteiger partial charge in [-0.2, -0.15) is 0 Å². The first-order chi connectivity index (χ1) is 14.9. The largest absolute Gasteiger partial charge is 1.00 e. The molecule has 9 heteroatoms. The van der Waals surface area contributed by atoms with Gasteiger partial charge in [0.1, 0.15) is 18.2 Å². The zero-order chi connectivity index (χ0) is 22.0. The Hall–Kier alpha value is -2.58. The monoisotopic (exact) mass is 462 g/mol. The molecule has 1 aromatic heterocycles. The Morgan fingerprint density at radius 3 is 2.59 bits per heavy atom. The molecule has 0 fully saturated rings. The topological polar surface area (TPSA) is 75.5 Å². The Morgan fingerprint density at radius 1 is 1.09 bits per heavy atom. The van der Waals surface area contributed by atoms with Crippen LogP contribution in [0.2, 0.25) is 5.02 Å². The molecule has 0 amide bonds. The summed E-state index contributed by atoms with van der Waals surface area (Å²) in [5.41, 5.74) is 3.41. The molecule has 0 unspecified atom stereocenters. The fourth-order valence-corrected chi connectivity index (χ4v) is 3.46. The van der Waals surface area contributed by atoms with Gasteiger partial charge in [-0.25, -0.2) is 9.18 Å². The number of hydrogen-bond acceptors (Lipinski definition) is 4. The van der Waals surface area contributed by atoms with Crippen LogP contribution in [0.25, 0.3) is 11.1 Å². The molecule has 0 saturated heterocycles. The third-order valence-corrected chi connectivity index (χ3v) is 4.99. The average molecular weight is 463 g/mol. The van der Waals surface area contributed by atoms with E-state index in [0.29, 0.717) is 15.5 Å². The van der Waals surface area contributed by atoms with Gasteiger partial charge in [0.05, 0.1) is 0 Å². The average Bonchev–Trinajstić information content (AvgIpc) is 3.05. The summed E-state index contributed by atoms with van der Waals surface area (Å²) in [6, 6.07) is 17.9. The molecule has 4 rings (SSSR count). The molecule has 1 heterocycles. The summed E-state index contributed by atoms with van der Waals surface area (Å²) in [4.78, 5) is 25.5. The van der Waals surface area contributed by atoms with Crippen LogP contribution in [0, 0.1) is 12.7 Å². The van der Waals surface area contributed by atoms with Crippen molar-refractivity contribution in [3.8, 4) is 16.9 Å². The quantitative estimate of drug-likeness (QED) is 0.402. The maximum Gasteiger partial charge on any atom is 1.00 e. The van der Waals surface area contributed by atoms with Crippen LogP contribution in [0.15, 0.2) is 74.8 Å². The Kier molecular flexibility index (Phi) is 7.79. The van der Waals surface area contributed by atoms with E-state index < -0.39 is 17.3 Å². The van der Waals surface area contributed by atoms with Crippen LogP contribution in [0.1, 0.15) is 16.7 Å². The third-order valence-electron chi connectivity index (χ3n) is 4.76. The molecule has 0 bridgehead atoms. The van der Waals surface area contributed by atoms with Crippen molar-refractivity contribution in [2.45, 2.75) is 20.1 Å². The molecule has 158 valence electrons. The van der Waals surface area contributed by atoms with E-state index in [1.54, 1.807) is 6.07 Å². The van der Waals surface area contributed by atoms with E-state index in [0.717, 1.165) is 22.3 Å². The predicted octanol–water partition coefficient (Wildman–Crippen LogP) is 1.16. The molecule has 4 aromatic rings. The Labute approximate surface area is 209 Å². The second-order valence-corrected chi connectivity index (χ2v) is 7.43. The van der Waals surface area contributed by atoms with Gasteiger partial charge in [0, 0.05) is 17.6 Å². The van der Waals surface area contributed by atoms with Gasteiger partial charge in [-0.05, 0) is 59.0 Å². The van der Waals surface area contributed by atoms with Crippen LogP contribution < -0.4 is 50.7 Å². The molecular formula is C23H17ClFN2NaO4. The van der Waals surface area contributed by atoms with Crippen LogP contribution in [0.3, 0.4) is 0 Å². The molecule has 0 saturated carbocycles. The van der Waals surface area contributed by atoms with Crippen molar-refractivity contribution in [1.82, 2.24) is 9.72 Å². The first-order valence-electron chi connectivity index (χ1n) is 9.41. The minimum atomic E-state index is -1.01. The summed E-state index contributed by atoms with van der Waals surface area (Å²) >= 11 is 6.04. The first-order valence-corrected chi connectivity index (χ1v) is 9.79. The fraction of sp³-hybridized carbons (Fsp3) is 0.130. The van der Waals surface area contributed by atoms with E-state index in [4.69, 9.17) is 16.3 Å². The molecule has 0 aliphatic carbocycles. The number of rotatable bonds is 6. The van der Waals surface area contributed by atoms with E-state index in [1.165, 1.54) is 12.1 Å². The Morgan fingerprint density at radius 2 is 1.91 bits per heavy atom. The molecule has 0 aliphatic rings. The predicted molar refractivity (Wildman–Crippen MR) is 114 cm³/mol. The second kappa shape index (κ2) is 10.4. The van der Waals surface area contributed by atoms with Crippen molar-refractivity contribution in [3.63, 3.8) is 0 Å². The Bertz CT molecular complexity index is 1360. The van der Waals surface area contributed by atoms with Crippen LogP contribution >= 0.6 is 11.6 Å². The molecule has 0 spiro atoms. The molecule has 0 N–H and O–H groups in total. The summed E-state index contributed by atoms with van der Waals surface area (Å²) in [6.07, 6.45) is 0. The van der Waals surface area contributed by atoms with E-state index in [1.807, 2.05) is 49.4 Å². The molecule has 32 heavy (non-hydrogen) atoms. The summed E-state index contributed by atoms with van der Waals surface area (Å²) in [7, 11) is 0. The van der Waals surface area contributed by atoms with E-state index >= 15 is 0 Å². The summed E-state index contributed by atoms with van der Waals surface area (Å²) in [5.74, 6) is -1.26. The summed E-state index contributed by atoms with van der Waals surface area (Å²) in [6.45, 7) is 2.02. The third kappa shape index (κ3) is 5.61. The number of aryl methyl sites for hydroxylation is 1. The molecule has 0 aliphatic heterocycles. The minimum Gasteiger partial charge on any atom is -0.489 e. The van der Waals surface area contributed by atoms with Gasteiger partial charge in [0.2, 0.25) is 0 Å². The van der Waals surface area contributed by atoms with Crippen LogP contribution in [-0.4, -0.2) is 4.74 Å². The van der Waals surface area contributed by atoms with Gasteiger partial charge < -0.3 is 14.2 Å². The van der Waals surface area contributed by atoms with Gasteiger partial charge in [-0.3, -0.25) is 9.53 Å². The van der Waals surface area contributed by atoms with Crippen molar-refractivity contribution in [2.75, 3.05) is 0 Å². The molecular weight excluding hydrogens is 446 g/mol. The van der Waals surface area contributed by atoms with Gasteiger partial charge in [0.15, 0.2) is 5.69 Å². The minimum absolute atomic E-state index is 0. The number of nitrogens with zero attached hydrogens (tertiary/aromatic N) is 2. The number of benzene rings is 3. The summed E-state index contributed by atoms with van der Waals surface area (Å²) < 4.78 is 25.5. The van der Waals surface area contributed by atoms with Crippen LogP contribution in [0.5, 0.6) is 5.75 Å². The number of halogens is 2. The van der Waals surface area contributed by atoms with E-state index in [-0.39, 0.29) is 48.3 Å². The number of hydrogen-bond donors (Lipinski definition) is 0. The SMILES string of the molecule is Cc1cc(Cl)ccc1-c1cccc(COc2ccc(Cn3oc(=O)[n-]c3=O)c(F)c2)c1.[Na+].